The highest BCUT2D eigenvalue weighted by molar-refractivity contribution is 5.93. The number of carbonyl (C=O) groups is 1. The van der Waals surface area contributed by atoms with Gasteiger partial charge < -0.3 is 15.2 Å². The van der Waals surface area contributed by atoms with Gasteiger partial charge in [-0.1, -0.05) is 18.2 Å². The number of benzene rings is 1. The summed E-state index contributed by atoms with van der Waals surface area (Å²) in [7, 11) is 3.83. The van der Waals surface area contributed by atoms with Crippen LogP contribution in [0.25, 0.3) is 10.9 Å². The quantitative estimate of drug-likeness (QED) is 0.746. The summed E-state index contributed by atoms with van der Waals surface area (Å²) < 4.78 is 0. The molecule has 3 rings (SSSR count). The van der Waals surface area contributed by atoms with Gasteiger partial charge in [0.2, 0.25) is 0 Å². The maximum Gasteiger partial charge on any atom is 0.261 e. The second kappa shape index (κ2) is 7.27. The number of aromatic nitrogens is 2. The van der Waals surface area contributed by atoms with Crippen molar-refractivity contribution in [3.63, 3.8) is 0 Å². The van der Waals surface area contributed by atoms with Crippen LogP contribution in [0.15, 0.2) is 53.5 Å². The lowest BCUT2D eigenvalue weighted by Crippen LogP contribution is -2.30. The second-order valence-corrected chi connectivity index (χ2v) is 6.18. The van der Waals surface area contributed by atoms with E-state index in [1.54, 1.807) is 18.3 Å². The molecule has 1 amide bonds. The molecule has 0 spiro atoms. The highest BCUT2D eigenvalue weighted by Gasteiger charge is 2.11. The Morgan fingerprint density at radius 1 is 1.20 bits per heavy atom. The number of nitrogens with one attached hydrogen (secondary N) is 2. The van der Waals surface area contributed by atoms with E-state index in [4.69, 9.17) is 0 Å². The Hall–Kier alpha value is -2.99. The highest BCUT2D eigenvalue weighted by Crippen LogP contribution is 2.12. The third-order valence-electron chi connectivity index (χ3n) is 3.80. The third-order valence-corrected chi connectivity index (χ3v) is 3.80. The molecule has 0 saturated heterocycles. The van der Waals surface area contributed by atoms with Gasteiger partial charge in [-0.2, -0.15) is 0 Å². The van der Waals surface area contributed by atoms with Gasteiger partial charge in [0.15, 0.2) is 0 Å². The van der Waals surface area contributed by atoms with Gasteiger partial charge in [0.1, 0.15) is 5.56 Å². The summed E-state index contributed by atoms with van der Waals surface area (Å²) in [6, 6.07) is 13.1. The molecule has 3 aromatic rings. The van der Waals surface area contributed by atoms with Crippen molar-refractivity contribution in [3.05, 3.63) is 75.8 Å². The molecule has 0 radical (unpaired) electrons. The number of aromatic amines is 1. The van der Waals surface area contributed by atoms with Gasteiger partial charge >= 0.3 is 0 Å². The van der Waals surface area contributed by atoms with E-state index in [2.05, 4.69) is 15.3 Å². The van der Waals surface area contributed by atoms with E-state index in [0.29, 0.717) is 13.1 Å². The number of carbonyl (C=O) groups excluding carboxylic acids is 1. The van der Waals surface area contributed by atoms with E-state index in [9.17, 15) is 9.59 Å². The van der Waals surface area contributed by atoms with Gasteiger partial charge in [0.05, 0.1) is 5.52 Å². The fraction of sp³-hybridized carbons (Fsp3) is 0.211. The van der Waals surface area contributed by atoms with Gasteiger partial charge in [-0.05, 0) is 43.9 Å². The largest absolute Gasteiger partial charge is 0.348 e. The fourth-order valence-electron chi connectivity index (χ4n) is 2.62. The van der Waals surface area contributed by atoms with Gasteiger partial charge in [-0.25, -0.2) is 0 Å². The summed E-state index contributed by atoms with van der Waals surface area (Å²) in [4.78, 5) is 33.4. The van der Waals surface area contributed by atoms with Crippen LogP contribution in [0.3, 0.4) is 0 Å². The molecule has 0 aliphatic carbocycles. The van der Waals surface area contributed by atoms with Crippen LogP contribution < -0.4 is 10.9 Å². The molecule has 0 bridgehead atoms. The molecule has 2 N–H and O–H groups in total. The Balaban J connectivity index is 1.70. The molecule has 128 valence electrons. The van der Waals surface area contributed by atoms with Crippen LogP contribution in [0, 0.1) is 0 Å². The van der Waals surface area contributed by atoms with Crippen molar-refractivity contribution in [2.24, 2.45) is 0 Å². The predicted octanol–water partition coefficient (Wildman–Crippen LogP) is 1.91. The topological polar surface area (TPSA) is 78.1 Å². The number of hydrogen-bond donors (Lipinski definition) is 2. The number of fused-ring (bicyclic) bond motifs is 1. The van der Waals surface area contributed by atoms with E-state index in [-0.39, 0.29) is 11.1 Å². The van der Waals surface area contributed by atoms with Crippen LogP contribution in [0.2, 0.25) is 0 Å². The average Bonchev–Trinajstić information content (AvgIpc) is 2.59. The van der Waals surface area contributed by atoms with Crippen LogP contribution in [0.1, 0.15) is 21.6 Å². The van der Waals surface area contributed by atoms with Gasteiger partial charge in [0, 0.05) is 30.4 Å². The third kappa shape index (κ3) is 4.10. The molecule has 6 heteroatoms. The summed E-state index contributed by atoms with van der Waals surface area (Å²) in [6.45, 7) is 0.926. The van der Waals surface area contributed by atoms with Crippen molar-refractivity contribution in [2.45, 2.75) is 13.1 Å². The van der Waals surface area contributed by atoms with E-state index >= 15 is 0 Å². The Labute approximate surface area is 145 Å². The van der Waals surface area contributed by atoms with Crippen molar-refractivity contribution in [3.8, 4) is 0 Å². The van der Waals surface area contributed by atoms with Crippen molar-refractivity contribution >= 4 is 16.8 Å². The number of para-hydroxylation sites is 1. The SMILES string of the molecule is CN(C)Cc1ccc(C(=O)NCc2cnc3ccccc3c2)c(=O)[nH]1. The zero-order valence-electron chi connectivity index (χ0n) is 14.2. The summed E-state index contributed by atoms with van der Waals surface area (Å²) in [5.41, 5.74) is 2.29. The number of H-pyrrole nitrogens is 1. The molecule has 0 atom stereocenters. The maximum atomic E-state index is 12.3. The maximum absolute atomic E-state index is 12.3. The van der Waals surface area contributed by atoms with Crippen molar-refractivity contribution in [1.29, 1.82) is 0 Å². The lowest BCUT2D eigenvalue weighted by atomic mass is 10.1. The standard InChI is InChI=1S/C19H20N4O2/c1-23(2)12-15-7-8-16(19(25)22-15)18(24)21-11-13-9-14-5-3-4-6-17(14)20-10-13/h3-10H,11-12H2,1-2H3,(H,21,24)(H,22,25). The zero-order chi connectivity index (χ0) is 17.8. The number of amides is 1. The number of nitrogens with zero attached hydrogens (tertiary/aromatic N) is 2. The normalized spacial score (nSPS) is 11.0. The molecule has 0 unspecified atom stereocenters. The average molecular weight is 336 g/mol. The molecule has 0 saturated carbocycles. The molecule has 0 aliphatic rings. The summed E-state index contributed by atoms with van der Waals surface area (Å²) in [6.07, 6.45) is 1.73. The number of rotatable bonds is 5. The fourth-order valence-corrected chi connectivity index (χ4v) is 2.62. The number of hydrogen-bond acceptors (Lipinski definition) is 4. The van der Waals surface area contributed by atoms with Crippen LogP contribution >= 0.6 is 0 Å². The van der Waals surface area contributed by atoms with Gasteiger partial charge in [-0.15, -0.1) is 0 Å². The first-order valence-electron chi connectivity index (χ1n) is 8.02. The van der Waals surface area contributed by atoms with Crippen molar-refractivity contribution in [2.75, 3.05) is 14.1 Å². The molecular formula is C19H20N4O2. The minimum atomic E-state index is -0.397. The van der Waals surface area contributed by atoms with Gasteiger partial charge in [-0.3, -0.25) is 14.6 Å². The molecule has 0 fully saturated rings. The van der Waals surface area contributed by atoms with Crippen molar-refractivity contribution in [1.82, 2.24) is 20.2 Å². The zero-order valence-corrected chi connectivity index (χ0v) is 14.2. The number of pyridine rings is 2. The first-order valence-corrected chi connectivity index (χ1v) is 8.02. The van der Waals surface area contributed by atoms with Crippen LogP contribution in [0.5, 0.6) is 0 Å². The summed E-state index contributed by atoms with van der Waals surface area (Å²) in [5, 5.41) is 3.79. The minimum Gasteiger partial charge on any atom is -0.348 e. The van der Waals surface area contributed by atoms with E-state index in [0.717, 1.165) is 22.2 Å². The Morgan fingerprint density at radius 3 is 2.76 bits per heavy atom. The molecule has 2 aromatic heterocycles. The van der Waals surface area contributed by atoms with Crippen LogP contribution in [-0.4, -0.2) is 34.9 Å². The second-order valence-electron chi connectivity index (χ2n) is 6.18. The first-order chi connectivity index (χ1) is 12.0. The van der Waals surface area contributed by atoms with Crippen LogP contribution in [0.4, 0.5) is 0 Å². The van der Waals surface area contributed by atoms with Gasteiger partial charge in [0.25, 0.3) is 11.5 Å². The Kier molecular flexibility index (Phi) is 4.90. The molecule has 0 aliphatic heterocycles. The van der Waals surface area contributed by atoms with Crippen LogP contribution in [-0.2, 0) is 13.1 Å². The lowest BCUT2D eigenvalue weighted by molar-refractivity contribution is 0.0949. The predicted molar refractivity (Wildman–Crippen MR) is 97.4 cm³/mol. The molecule has 6 nitrogen and oxygen atoms in total. The summed E-state index contributed by atoms with van der Waals surface area (Å²) in [5.74, 6) is -0.397. The smallest absolute Gasteiger partial charge is 0.261 e. The molecule has 25 heavy (non-hydrogen) atoms. The first kappa shape index (κ1) is 16.9. The minimum absolute atomic E-state index is 0.108. The van der Waals surface area contributed by atoms with E-state index in [1.807, 2.05) is 49.3 Å². The lowest BCUT2D eigenvalue weighted by Gasteiger charge is -2.10. The van der Waals surface area contributed by atoms with E-state index < -0.39 is 5.91 Å². The van der Waals surface area contributed by atoms with E-state index in [1.165, 1.54) is 0 Å². The Morgan fingerprint density at radius 2 is 2.00 bits per heavy atom. The molecule has 1 aromatic carbocycles. The summed E-state index contributed by atoms with van der Waals surface area (Å²) >= 11 is 0. The monoisotopic (exact) mass is 336 g/mol. The molecule has 2 heterocycles. The Bertz CT molecular complexity index is 963. The highest BCUT2D eigenvalue weighted by atomic mass is 16.2. The molecular weight excluding hydrogens is 316 g/mol. The van der Waals surface area contributed by atoms with Crippen molar-refractivity contribution < 1.29 is 4.79 Å².